The molecule has 12 heavy (non-hydrogen) atoms. The van der Waals surface area contributed by atoms with Gasteiger partial charge < -0.3 is 4.42 Å². The largest absolute Gasteiger partial charge is 0.428 e. The molecule has 0 saturated heterocycles. The van der Waals surface area contributed by atoms with Gasteiger partial charge in [-0.3, -0.25) is 0 Å². The van der Waals surface area contributed by atoms with Crippen LogP contribution in [0.1, 0.15) is 5.89 Å². The van der Waals surface area contributed by atoms with E-state index in [2.05, 4.69) is 4.98 Å². The second-order valence-corrected chi connectivity index (χ2v) is 2.62. The molecular weight excluding hydrogens is 176 g/mol. The number of oxazole rings is 1. The summed E-state index contributed by atoms with van der Waals surface area (Å²) < 4.78 is 5.04. The van der Waals surface area contributed by atoms with E-state index in [0.717, 1.165) is 0 Å². The summed E-state index contributed by atoms with van der Waals surface area (Å²) in [7, 11) is 0. The van der Waals surface area contributed by atoms with E-state index in [1.807, 2.05) is 6.07 Å². The van der Waals surface area contributed by atoms with Crippen molar-refractivity contribution in [2.24, 2.45) is 0 Å². The predicted molar refractivity (Wildman–Crippen MR) is 43.7 cm³/mol. The molecule has 0 N–H and O–H groups in total. The van der Waals surface area contributed by atoms with Gasteiger partial charge in [-0.05, 0) is 12.1 Å². The van der Waals surface area contributed by atoms with Crippen LogP contribution in [0.2, 0.25) is 5.02 Å². The molecule has 1 aromatic carbocycles. The van der Waals surface area contributed by atoms with Crippen molar-refractivity contribution in [3.8, 4) is 6.07 Å². The lowest BCUT2D eigenvalue weighted by Gasteiger charge is -1.86. The summed E-state index contributed by atoms with van der Waals surface area (Å²) in [5.41, 5.74) is 1.08. The molecular formula is C8H3ClN2O. The van der Waals surface area contributed by atoms with Crippen molar-refractivity contribution >= 4 is 22.7 Å². The molecule has 0 unspecified atom stereocenters. The number of para-hydroxylation sites is 1. The third-order valence-electron chi connectivity index (χ3n) is 1.47. The maximum absolute atomic E-state index is 8.48. The highest BCUT2D eigenvalue weighted by Gasteiger charge is 2.06. The fraction of sp³-hybridized carbons (Fsp3) is 0. The molecule has 0 spiro atoms. The van der Waals surface area contributed by atoms with Crippen LogP contribution in [0, 0.1) is 11.3 Å². The highest BCUT2D eigenvalue weighted by Crippen LogP contribution is 2.22. The monoisotopic (exact) mass is 178 g/mol. The van der Waals surface area contributed by atoms with Crippen molar-refractivity contribution in [2.45, 2.75) is 0 Å². The zero-order chi connectivity index (χ0) is 8.55. The van der Waals surface area contributed by atoms with E-state index in [9.17, 15) is 0 Å². The number of benzene rings is 1. The summed E-state index contributed by atoms with van der Waals surface area (Å²) in [6, 6.07) is 6.97. The van der Waals surface area contributed by atoms with Gasteiger partial charge in [0.1, 0.15) is 5.52 Å². The lowest BCUT2D eigenvalue weighted by atomic mass is 10.3. The molecule has 0 aliphatic rings. The number of nitrogens with zero attached hydrogens (tertiary/aromatic N) is 2. The lowest BCUT2D eigenvalue weighted by molar-refractivity contribution is 0.584. The van der Waals surface area contributed by atoms with Gasteiger partial charge in [0.2, 0.25) is 0 Å². The molecule has 0 aliphatic carbocycles. The molecule has 0 bridgehead atoms. The molecule has 2 aromatic rings. The van der Waals surface area contributed by atoms with Gasteiger partial charge in [-0.25, -0.2) is 0 Å². The van der Waals surface area contributed by atoms with Gasteiger partial charge in [0.25, 0.3) is 0 Å². The number of hydrogen-bond acceptors (Lipinski definition) is 3. The van der Waals surface area contributed by atoms with E-state index in [0.29, 0.717) is 16.1 Å². The number of rotatable bonds is 0. The van der Waals surface area contributed by atoms with Gasteiger partial charge in [-0.2, -0.15) is 10.2 Å². The van der Waals surface area contributed by atoms with E-state index >= 15 is 0 Å². The van der Waals surface area contributed by atoms with Crippen molar-refractivity contribution < 1.29 is 4.42 Å². The number of hydrogen-bond donors (Lipinski definition) is 0. The lowest BCUT2D eigenvalue weighted by Crippen LogP contribution is -1.70. The van der Waals surface area contributed by atoms with Crippen molar-refractivity contribution in [3.63, 3.8) is 0 Å². The van der Waals surface area contributed by atoms with Crippen LogP contribution in [0.25, 0.3) is 11.1 Å². The molecule has 3 nitrogen and oxygen atoms in total. The maximum atomic E-state index is 8.48. The van der Waals surface area contributed by atoms with Gasteiger partial charge in [-0.15, -0.1) is 0 Å². The Hall–Kier alpha value is -1.53. The van der Waals surface area contributed by atoms with Crippen molar-refractivity contribution in [3.05, 3.63) is 29.1 Å². The van der Waals surface area contributed by atoms with E-state index in [1.54, 1.807) is 18.2 Å². The first-order chi connectivity index (χ1) is 5.81. The maximum Gasteiger partial charge on any atom is 0.301 e. The molecule has 0 amide bonds. The standard InChI is InChI=1S/C8H3ClN2O/c9-5-2-1-3-6-8(5)11-7(4-10)12-6/h1-3H. The van der Waals surface area contributed by atoms with Gasteiger partial charge in [0, 0.05) is 0 Å². The van der Waals surface area contributed by atoms with Crippen LogP contribution in [0.15, 0.2) is 22.6 Å². The second-order valence-electron chi connectivity index (χ2n) is 2.22. The molecule has 0 aliphatic heterocycles. The third kappa shape index (κ3) is 0.936. The summed E-state index contributed by atoms with van der Waals surface area (Å²) in [4.78, 5) is 3.87. The number of halogens is 1. The molecule has 0 radical (unpaired) electrons. The van der Waals surface area contributed by atoms with Gasteiger partial charge in [0.05, 0.1) is 5.02 Å². The summed E-state index contributed by atoms with van der Waals surface area (Å²) in [6.07, 6.45) is 0. The first-order valence-corrected chi connectivity index (χ1v) is 3.64. The van der Waals surface area contributed by atoms with Crippen molar-refractivity contribution in [1.29, 1.82) is 5.26 Å². The van der Waals surface area contributed by atoms with E-state index in [-0.39, 0.29) is 5.89 Å². The number of aromatic nitrogens is 1. The number of nitriles is 1. The Labute approximate surface area is 73.2 Å². The zero-order valence-electron chi connectivity index (χ0n) is 5.91. The smallest absolute Gasteiger partial charge is 0.301 e. The minimum absolute atomic E-state index is 0.0399. The van der Waals surface area contributed by atoms with E-state index < -0.39 is 0 Å². The van der Waals surface area contributed by atoms with Crippen LogP contribution in [0.5, 0.6) is 0 Å². The zero-order valence-corrected chi connectivity index (χ0v) is 6.67. The number of fused-ring (bicyclic) bond motifs is 1. The van der Waals surface area contributed by atoms with Crippen molar-refractivity contribution in [1.82, 2.24) is 4.98 Å². The quantitative estimate of drug-likeness (QED) is 0.622. The Morgan fingerprint density at radius 2 is 2.33 bits per heavy atom. The fourth-order valence-corrected chi connectivity index (χ4v) is 1.17. The van der Waals surface area contributed by atoms with Gasteiger partial charge in [-0.1, -0.05) is 17.7 Å². The van der Waals surface area contributed by atoms with Crippen LogP contribution in [-0.2, 0) is 0 Å². The molecule has 1 aromatic heterocycles. The third-order valence-corrected chi connectivity index (χ3v) is 1.77. The first kappa shape index (κ1) is 7.14. The minimum Gasteiger partial charge on any atom is -0.428 e. The van der Waals surface area contributed by atoms with Crippen LogP contribution in [0.3, 0.4) is 0 Å². The van der Waals surface area contributed by atoms with E-state index in [4.69, 9.17) is 21.3 Å². The van der Waals surface area contributed by atoms with Crippen LogP contribution in [-0.4, -0.2) is 4.98 Å². The average molecular weight is 179 g/mol. The highest BCUT2D eigenvalue weighted by molar-refractivity contribution is 6.34. The second kappa shape index (κ2) is 2.50. The molecule has 58 valence electrons. The Balaban J connectivity index is 2.85. The normalized spacial score (nSPS) is 10.0. The molecule has 2 rings (SSSR count). The average Bonchev–Trinajstić information content (AvgIpc) is 2.49. The first-order valence-electron chi connectivity index (χ1n) is 3.26. The minimum atomic E-state index is 0.0399. The summed E-state index contributed by atoms with van der Waals surface area (Å²) in [6.45, 7) is 0. The van der Waals surface area contributed by atoms with E-state index in [1.165, 1.54) is 0 Å². The van der Waals surface area contributed by atoms with Crippen LogP contribution < -0.4 is 0 Å². The molecule has 0 atom stereocenters. The van der Waals surface area contributed by atoms with Crippen molar-refractivity contribution in [2.75, 3.05) is 0 Å². The van der Waals surface area contributed by atoms with Gasteiger partial charge >= 0.3 is 5.89 Å². The Morgan fingerprint density at radius 1 is 1.50 bits per heavy atom. The molecule has 4 heteroatoms. The SMILES string of the molecule is N#Cc1nc2c(Cl)cccc2o1. The molecule has 1 heterocycles. The Kier molecular flexibility index (Phi) is 1.49. The topological polar surface area (TPSA) is 49.8 Å². The summed E-state index contributed by atoms with van der Waals surface area (Å²) in [5.74, 6) is 0.0399. The molecule has 0 fully saturated rings. The van der Waals surface area contributed by atoms with Crippen LogP contribution >= 0.6 is 11.6 Å². The summed E-state index contributed by atoms with van der Waals surface area (Å²) in [5, 5.41) is 8.98. The highest BCUT2D eigenvalue weighted by atomic mass is 35.5. The van der Waals surface area contributed by atoms with Crippen LogP contribution in [0.4, 0.5) is 0 Å². The predicted octanol–water partition coefficient (Wildman–Crippen LogP) is 2.35. The van der Waals surface area contributed by atoms with Gasteiger partial charge in [0.15, 0.2) is 11.7 Å². The Morgan fingerprint density at radius 3 is 3.00 bits per heavy atom. The fourth-order valence-electron chi connectivity index (χ4n) is 0.963. The molecule has 0 saturated carbocycles. The summed E-state index contributed by atoms with van der Waals surface area (Å²) >= 11 is 5.80. The Bertz CT molecular complexity index is 469.